The number of aromatic amines is 1. The van der Waals surface area contributed by atoms with Crippen LogP contribution in [0.15, 0.2) is 9.59 Å². The quantitative estimate of drug-likeness (QED) is 0.753. The van der Waals surface area contributed by atoms with Crippen LogP contribution in [0.1, 0.15) is 18.9 Å². The molecule has 5 nitrogen and oxygen atoms in total. The van der Waals surface area contributed by atoms with Crippen LogP contribution in [0, 0.1) is 5.82 Å². The maximum atomic E-state index is 13.4. The molecule has 1 fully saturated rings. The second-order valence-corrected chi connectivity index (χ2v) is 4.67. The Hall–Kier alpha value is -1.14. The summed E-state index contributed by atoms with van der Waals surface area (Å²) in [6, 6.07) is -0.295. The highest BCUT2D eigenvalue weighted by Crippen LogP contribution is 2.17. The minimum Gasteiger partial charge on any atom is -0.304 e. The van der Waals surface area contributed by atoms with Crippen molar-refractivity contribution < 1.29 is 4.39 Å². The normalized spacial score (nSPS) is 21.7. The van der Waals surface area contributed by atoms with Gasteiger partial charge in [0.2, 0.25) is 5.82 Å². The maximum absolute atomic E-state index is 13.4. The Balaban J connectivity index is 2.49. The van der Waals surface area contributed by atoms with Crippen LogP contribution < -0.4 is 11.2 Å². The van der Waals surface area contributed by atoms with E-state index in [0.29, 0.717) is 13.0 Å². The number of rotatable bonds is 1. The molecule has 0 amide bonds. The van der Waals surface area contributed by atoms with E-state index in [0.717, 1.165) is 17.5 Å². The Kier molecular flexibility index (Phi) is 3.35. The first kappa shape index (κ1) is 12.3. The van der Waals surface area contributed by atoms with Gasteiger partial charge in [-0.3, -0.25) is 14.3 Å². The zero-order valence-electron chi connectivity index (χ0n) is 9.37. The van der Waals surface area contributed by atoms with Crippen LogP contribution in [0.25, 0.3) is 0 Å². The van der Waals surface area contributed by atoms with Crippen molar-refractivity contribution in [2.75, 3.05) is 20.1 Å². The number of nitrogens with zero attached hydrogens (tertiary/aromatic N) is 2. The van der Waals surface area contributed by atoms with Crippen molar-refractivity contribution in [3.63, 3.8) is 0 Å². The number of piperidine rings is 1. The molecule has 1 aliphatic rings. The fourth-order valence-electron chi connectivity index (χ4n) is 2.18. The first-order chi connectivity index (χ1) is 8.00. The molecule has 1 N–H and O–H groups in total. The Bertz CT molecular complexity index is 539. The third kappa shape index (κ3) is 2.28. The van der Waals surface area contributed by atoms with Gasteiger partial charge in [0.05, 0.1) is 6.04 Å². The molecular formula is C10H13ClFN3O2. The van der Waals surface area contributed by atoms with Crippen molar-refractivity contribution >= 4 is 11.6 Å². The largest absolute Gasteiger partial charge is 0.329 e. The van der Waals surface area contributed by atoms with E-state index in [9.17, 15) is 14.0 Å². The van der Waals surface area contributed by atoms with E-state index in [1.165, 1.54) is 0 Å². The lowest BCUT2D eigenvalue weighted by atomic mass is 10.1. The average Bonchev–Trinajstić information content (AvgIpc) is 2.26. The first-order valence-corrected chi connectivity index (χ1v) is 5.77. The zero-order chi connectivity index (χ0) is 12.6. The summed E-state index contributed by atoms with van der Waals surface area (Å²) in [5.74, 6) is -1.10. The number of H-pyrrole nitrogens is 1. The van der Waals surface area contributed by atoms with Crippen LogP contribution in [0.5, 0.6) is 0 Å². The standard InChI is InChI=1S/C10H13ClFN3O2/c1-14-4-2-3-6(5-14)15-9(16)7(12)8(11)13-10(15)17/h6H,2-5H2,1H3,(H,13,17). The number of aromatic nitrogens is 2. The van der Waals surface area contributed by atoms with Gasteiger partial charge in [-0.1, -0.05) is 11.6 Å². The van der Waals surface area contributed by atoms with Gasteiger partial charge in [-0.15, -0.1) is 0 Å². The summed E-state index contributed by atoms with van der Waals surface area (Å²) in [7, 11) is 1.90. The first-order valence-electron chi connectivity index (χ1n) is 5.39. The maximum Gasteiger partial charge on any atom is 0.329 e. The molecule has 0 aromatic carbocycles. The Morgan fingerprint density at radius 3 is 2.82 bits per heavy atom. The summed E-state index contributed by atoms with van der Waals surface area (Å²) >= 11 is 5.40. The van der Waals surface area contributed by atoms with Crippen molar-refractivity contribution in [3.8, 4) is 0 Å². The molecule has 0 spiro atoms. The van der Waals surface area contributed by atoms with Crippen molar-refractivity contribution in [3.05, 3.63) is 31.8 Å². The van der Waals surface area contributed by atoms with Gasteiger partial charge in [-0.2, -0.15) is 4.39 Å². The number of likely N-dealkylation sites (N-methyl/N-ethyl adjacent to an activating group) is 1. The summed E-state index contributed by atoms with van der Waals surface area (Å²) in [6.45, 7) is 1.48. The molecule has 2 rings (SSSR count). The van der Waals surface area contributed by atoms with Crippen molar-refractivity contribution in [2.45, 2.75) is 18.9 Å². The zero-order valence-corrected chi connectivity index (χ0v) is 10.1. The van der Waals surface area contributed by atoms with Crippen LogP contribution in [-0.4, -0.2) is 34.6 Å². The van der Waals surface area contributed by atoms with E-state index in [4.69, 9.17) is 11.6 Å². The molecule has 17 heavy (non-hydrogen) atoms. The lowest BCUT2D eigenvalue weighted by molar-refractivity contribution is 0.204. The topological polar surface area (TPSA) is 58.1 Å². The van der Waals surface area contributed by atoms with E-state index in [-0.39, 0.29) is 6.04 Å². The van der Waals surface area contributed by atoms with E-state index in [1.54, 1.807) is 0 Å². The van der Waals surface area contributed by atoms with Gasteiger partial charge in [0.25, 0.3) is 5.56 Å². The van der Waals surface area contributed by atoms with Gasteiger partial charge in [0, 0.05) is 6.54 Å². The molecule has 1 aliphatic heterocycles. The molecule has 0 radical (unpaired) electrons. The molecule has 2 heterocycles. The summed E-state index contributed by atoms with van der Waals surface area (Å²) in [4.78, 5) is 27.5. The van der Waals surface area contributed by atoms with Gasteiger partial charge in [0.15, 0.2) is 5.15 Å². The number of hydrogen-bond donors (Lipinski definition) is 1. The fraction of sp³-hybridized carbons (Fsp3) is 0.600. The van der Waals surface area contributed by atoms with Gasteiger partial charge in [-0.05, 0) is 26.4 Å². The van der Waals surface area contributed by atoms with Crippen LogP contribution in [0.4, 0.5) is 4.39 Å². The lowest BCUT2D eigenvalue weighted by Gasteiger charge is -2.30. The lowest BCUT2D eigenvalue weighted by Crippen LogP contribution is -2.45. The highest BCUT2D eigenvalue weighted by molar-refractivity contribution is 6.29. The molecule has 1 atom stereocenters. The fourth-order valence-corrected chi connectivity index (χ4v) is 2.34. The highest BCUT2D eigenvalue weighted by atomic mass is 35.5. The number of nitrogens with one attached hydrogen (secondary N) is 1. The molecule has 0 saturated carbocycles. The van der Waals surface area contributed by atoms with Crippen LogP contribution in [0.3, 0.4) is 0 Å². The van der Waals surface area contributed by atoms with Crippen LogP contribution >= 0.6 is 11.6 Å². The van der Waals surface area contributed by atoms with Gasteiger partial charge in [-0.25, -0.2) is 4.79 Å². The second kappa shape index (κ2) is 4.62. The SMILES string of the molecule is CN1CCCC(n2c(=O)[nH]c(Cl)c(F)c2=O)C1. The predicted molar refractivity (Wildman–Crippen MR) is 62.1 cm³/mol. The monoisotopic (exact) mass is 261 g/mol. The predicted octanol–water partition coefficient (Wildman–Crippen LogP) is 0.596. The van der Waals surface area contributed by atoms with Crippen molar-refractivity contribution in [1.82, 2.24) is 14.5 Å². The van der Waals surface area contributed by atoms with Gasteiger partial charge in [0.1, 0.15) is 0 Å². The van der Waals surface area contributed by atoms with Crippen molar-refractivity contribution in [2.24, 2.45) is 0 Å². The van der Waals surface area contributed by atoms with E-state index >= 15 is 0 Å². The molecular weight excluding hydrogens is 249 g/mol. The Morgan fingerprint density at radius 2 is 2.18 bits per heavy atom. The van der Waals surface area contributed by atoms with Crippen molar-refractivity contribution in [1.29, 1.82) is 0 Å². The number of hydrogen-bond acceptors (Lipinski definition) is 3. The molecule has 0 bridgehead atoms. The van der Waals surface area contributed by atoms with Gasteiger partial charge >= 0.3 is 5.69 Å². The third-order valence-corrected chi connectivity index (χ3v) is 3.26. The van der Waals surface area contributed by atoms with Gasteiger partial charge < -0.3 is 4.90 Å². The minimum atomic E-state index is -1.10. The second-order valence-electron chi connectivity index (χ2n) is 4.29. The summed E-state index contributed by atoms with van der Waals surface area (Å²) < 4.78 is 14.3. The summed E-state index contributed by atoms with van der Waals surface area (Å²) in [6.07, 6.45) is 1.56. The molecule has 94 valence electrons. The van der Waals surface area contributed by atoms with E-state index in [2.05, 4.69) is 4.98 Å². The third-order valence-electron chi connectivity index (χ3n) is 3.00. The molecule has 1 saturated heterocycles. The Labute approximate surface area is 102 Å². The van der Waals surface area contributed by atoms with Crippen LogP contribution in [0.2, 0.25) is 5.15 Å². The highest BCUT2D eigenvalue weighted by Gasteiger charge is 2.23. The summed E-state index contributed by atoms with van der Waals surface area (Å²) in [5.41, 5.74) is -1.60. The smallest absolute Gasteiger partial charge is 0.304 e. The van der Waals surface area contributed by atoms with E-state index < -0.39 is 22.2 Å². The van der Waals surface area contributed by atoms with Crippen LogP contribution in [-0.2, 0) is 0 Å². The minimum absolute atomic E-state index is 0.295. The average molecular weight is 262 g/mol. The Morgan fingerprint density at radius 1 is 1.47 bits per heavy atom. The molecule has 7 heteroatoms. The number of likely N-dealkylation sites (tertiary alicyclic amines) is 1. The molecule has 1 unspecified atom stereocenters. The van der Waals surface area contributed by atoms with E-state index in [1.807, 2.05) is 11.9 Å². The summed E-state index contributed by atoms with van der Waals surface area (Å²) in [5, 5.41) is -0.527. The molecule has 1 aromatic rings. The molecule has 0 aliphatic carbocycles. The number of halogens is 2. The molecule has 1 aromatic heterocycles.